The first-order chi connectivity index (χ1) is 12.8. The van der Waals surface area contributed by atoms with E-state index in [-0.39, 0.29) is 22.7 Å². The number of hydrogen-bond donors (Lipinski definition) is 1. The third-order valence-electron chi connectivity index (χ3n) is 3.80. The molecule has 9 heteroatoms. The fraction of sp³-hybridized carbons (Fsp3) is 0.111. The molecule has 0 fully saturated rings. The molecule has 0 aliphatic heterocycles. The molecule has 3 rings (SSSR count). The van der Waals surface area contributed by atoms with Gasteiger partial charge in [-0.3, -0.25) is 14.9 Å². The summed E-state index contributed by atoms with van der Waals surface area (Å²) in [6, 6.07) is 11.6. The number of amides is 1. The van der Waals surface area contributed by atoms with Crippen LogP contribution in [-0.2, 0) is 11.2 Å². The number of nitrogens with zero attached hydrogens (tertiary/aromatic N) is 3. The Kier molecular flexibility index (Phi) is 5.18. The van der Waals surface area contributed by atoms with Gasteiger partial charge in [-0.15, -0.1) is 0 Å². The molecule has 0 bridgehead atoms. The normalized spacial score (nSPS) is 10.6. The lowest BCUT2D eigenvalue weighted by molar-refractivity contribution is -0.384. The lowest BCUT2D eigenvalue weighted by Crippen LogP contribution is -2.18. The number of aryl methyl sites for hydroxylation is 1. The molecule has 27 heavy (non-hydrogen) atoms. The molecule has 138 valence electrons. The number of hydrogen-bond acceptors (Lipinski definition) is 4. The standard InChI is InChI=1S/C18H14ClFN4O3/c1-11-9-17(21-18(25)10-14-15(19)3-2-4-16(14)20)23(22-11)12-5-7-13(8-6-12)24(26)27/h2-9H,10H2,1H3,(H,21,25). The van der Waals surface area contributed by atoms with Gasteiger partial charge in [-0.05, 0) is 31.2 Å². The maximum atomic E-state index is 13.9. The number of carbonyl (C=O) groups is 1. The fourth-order valence-electron chi connectivity index (χ4n) is 2.55. The molecule has 1 heterocycles. The van der Waals surface area contributed by atoms with Gasteiger partial charge in [0, 0.05) is 28.8 Å². The molecule has 0 unspecified atom stereocenters. The Labute approximate surface area is 158 Å². The van der Waals surface area contributed by atoms with Crippen LogP contribution in [0.2, 0.25) is 5.02 Å². The van der Waals surface area contributed by atoms with Gasteiger partial charge in [0.05, 0.1) is 22.7 Å². The minimum absolute atomic E-state index is 0.0533. The maximum Gasteiger partial charge on any atom is 0.269 e. The Morgan fingerprint density at radius 2 is 2.00 bits per heavy atom. The number of rotatable bonds is 5. The SMILES string of the molecule is Cc1cc(NC(=O)Cc2c(F)cccc2Cl)n(-c2ccc([N+](=O)[O-])cc2)n1. The lowest BCUT2D eigenvalue weighted by Gasteiger charge is -2.10. The third-order valence-corrected chi connectivity index (χ3v) is 4.16. The average Bonchev–Trinajstić information content (AvgIpc) is 2.98. The number of benzene rings is 2. The van der Waals surface area contributed by atoms with E-state index in [4.69, 9.17) is 11.6 Å². The molecule has 2 aromatic carbocycles. The minimum atomic E-state index is -0.558. The van der Waals surface area contributed by atoms with Crippen molar-refractivity contribution in [2.75, 3.05) is 5.32 Å². The summed E-state index contributed by atoms with van der Waals surface area (Å²) in [5, 5.41) is 17.9. The number of anilines is 1. The predicted octanol–water partition coefficient (Wildman–Crippen LogP) is 4.06. The van der Waals surface area contributed by atoms with Crippen molar-refractivity contribution in [1.82, 2.24) is 9.78 Å². The number of carbonyl (C=O) groups excluding carboxylic acids is 1. The fourth-order valence-corrected chi connectivity index (χ4v) is 2.78. The van der Waals surface area contributed by atoms with E-state index in [2.05, 4.69) is 10.4 Å². The zero-order valence-corrected chi connectivity index (χ0v) is 14.9. The molecular weight excluding hydrogens is 375 g/mol. The van der Waals surface area contributed by atoms with Crippen molar-refractivity contribution < 1.29 is 14.1 Å². The third kappa shape index (κ3) is 4.12. The van der Waals surface area contributed by atoms with Gasteiger partial charge in [-0.2, -0.15) is 5.10 Å². The molecule has 0 atom stereocenters. The van der Waals surface area contributed by atoms with Crippen molar-refractivity contribution >= 4 is 29.0 Å². The second kappa shape index (κ2) is 7.55. The molecule has 1 N–H and O–H groups in total. The van der Waals surface area contributed by atoms with Crippen molar-refractivity contribution in [2.45, 2.75) is 13.3 Å². The number of nitro groups is 1. The quantitative estimate of drug-likeness (QED) is 0.527. The van der Waals surface area contributed by atoms with Gasteiger partial charge >= 0.3 is 0 Å². The second-order valence-electron chi connectivity index (χ2n) is 5.78. The van der Waals surface area contributed by atoms with Gasteiger partial charge in [0.1, 0.15) is 11.6 Å². The van der Waals surface area contributed by atoms with Crippen LogP contribution >= 0.6 is 11.6 Å². The zero-order chi connectivity index (χ0) is 19.6. The van der Waals surface area contributed by atoms with Crippen LogP contribution < -0.4 is 5.32 Å². The van der Waals surface area contributed by atoms with Gasteiger partial charge in [-0.25, -0.2) is 9.07 Å². The summed E-state index contributed by atoms with van der Waals surface area (Å²) in [5.74, 6) is -0.665. The second-order valence-corrected chi connectivity index (χ2v) is 6.19. The number of halogens is 2. The summed E-state index contributed by atoms with van der Waals surface area (Å²) in [7, 11) is 0. The molecule has 0 radical (unpaired) electrons. The van der Waals surface area contributed by atoms with Crippen LogP contribution in [0.1, 0.15) is 11.3 Å². The molecule has 7 nitrogen and oxygen atoms in total. The summed E-state index contributed by atoms with van der Waals surface area (Å²) in [6.07, 6.45) is -0.240. The van der Waals surface area contributed by atoms with Gasteiger partial charge in [-0.1, -0.05) is 17.7 Å². The van der Waals surface area contributed by atoms with Gasteiger partial charge in [0.15, 0.2) is 0 Å². The van der Waals surface area contributed by atoms with Gasteiger partial charge in [0.2, 0.25) is 5.91 Å². The smallest absolute Gasteiger partial charge is 0.269 e. The van der Waals surface area contributed by atoms with Crippen molar-refractivity contribution in [3.8, 4) is 5.69 Å². The van der Waals surface area contributed by atoms with Crippen LogP contribution in [-0.4, -0.2) is 20.6 Å². The first-order valence-corrected chi connectivity index (χ1v) is 8.27. The molecule has 0 saturated carbocycles. The number of non-ortho nitro benzene ring substituents is 1. The largest absolute Gasteiger partial charge is 0.310 e. The highest BCUT2D eigenvalue weighted by Gasteiger charge is 2.15. The molecule has 1 aromatic heterocycles. The van der Waals surface area contributed by atoms with Crippen LogP contribution in [0.5, 0.6) is 0 Å². The van der Waals surface area contributed by atoms with Gasteiger partial charge < -0.3 is 5.32 Å². The molecule has 0 saturated heterocycles. The highest BCUT2D eigenvalue weighted by molar-refractivity contribution is 6.31. The number of aromatic nitrogens is 2. The summed E-state index contributed by atoms with van der Waals surface area (Å²) in [6.45, 7) is 1.74. The lowest BCUT2D eigenvalue weighted by atomic mass is 10.1. The Hall–Kier alpha value is -3.26. The first kappa shape index (κ1) is 18.5. The van der Waals surface area contributed by atoms with E-state index in [1.54, 1.807) is 13.0 Å². The van der Waals surface area contributed by atoms with Crippen molar-refractivity contribution in [3.05, 3.63) is 80.7 Å². The Balaban J connectivity index is 1.83. The summed E-state index contributed by atoms with van der Waals surface area (Å²) < 4.78 is 15.3. The van der Waals surface area contributed by atoms with E-state index in [0.29, 0.717) is 17.2 Å². The van der Waals surface area contributed by atoms with E-state index < -0.39 is 16.6 Å². The molecular formula is C18H14ClFN4O3. The Morgan fingerprint density at radius 1 is 1.30 bits per heavy atom. The van der Waals surface area contributed by atoms with Gasteiger partial charge in [0.25, 0.3) is 5.69 Å². The van der Waals surface area contributed by atoms with Crippen molar-refractivity contribution in [3.63, 3.8) is 0 Å². The minimum Gasteiger partial charge on any atom is -0.310 e. The van der Waals surface area contributed by atoms with Crippen molar-refractivity contribution in [1.29, 1.82) is 0 Å². The van der Waals surface area contributed by atoms with Crippen molar-refractivity contribution in [2.24, 2.45) is 0 Å². The molecule has 3 aromatic rings. The zero-order valence-electron chi connectivity index (χ0n) is 14.1. The molecule has 1 amide bonds. The van der Waals surface area contributed by atoms with E-state index in [1.807, 2.05) is 0 Å². The predicted molar refractivity (Wildman–Crippen MR) is 98.7 cm³/mol. The number of nitro benzene ring substituents is 1. The maximum absolute atomic E-state index is 13.9. The number of nitrogens with one attached hydrogen (secondary N) is 1. The average molecular weight is 389 g/mol. The Bertz CT molecular complexity index is 998. The monoisotopic (exact) mass is 388 g/mol. The van der Waals surface area contributed by atoms with E-state index >= 15 is 0 Å². The summed E-state index contributed by atoms with van der Waals surface area (Å²) in [5.41, 5.74) is 1.22. The van der Waals surface area contributed by atoms with Crippen LogP contribution in [0.25, 0.3) is 5.69 Å². The Morgan fingerprint density at radius 3 is 2.63 bits per heavy atom. The van der Waals surface area contributed by atoms with E-state index in [9.17, 15) is 19.3 Å². The van der Waals surface area contributed by atoms with Crippen LogP contribution in [0.4, 0.5) is 15.9 Å². The van der Waals surface area contributed by atoms with E-state index in [0.717, 1.165) is 0 Å². The van der Waals surface area contributed by atoms with E-state index in [1.165, 1.54) is 47.1 Å². The topological polar surface area (TPSA) is 90.1 Å². The molecule has 0 aliphatic carbocycles. The molecule has 0 spiro atoms. The first-order valence-electron chi connectivity index (χ1n) is 7.89. The molecule has 0 aliphatic rings. The summed E-state index contributed by atoms with van der Waals surface area (Å²) >= 11 is 5.96. The highest BCUT2D eigenvalue weighted by atomic mass is 35.5. The highest BCUT2D eigenvalue weighted by Crippen LogP contribution is 2.22. The summed E-state index contributed by atoms with van der Waals surface area (Å²) in [4.78, 5) is 22.6. The van der Waals surface area contributed by atoms with Crippen LogP contribution in [0.3, 0.4) is 0 Å². The van der Waals surface area contributed by atoms with Crippen LogP contribution in [0, 0.1) is 22.9 Å². The van der Waals surface area contributed by atoms with Crippen LogP contribution in [0.15, 0.2) is 48.5 Å².